The number of aromatic amines is 1. The first-order valence-corrected chi connectivity index (χ1v) is 4.62. The zero-order valence-corrected chi connectivity index (χ0v) is 9.11. The van der Waals surface area contributed by atoms with Crippen molar-refractivity contribution in [1.82, 2.24) is 4.98 Å². The third-order valence-corrected chi connectivity index (χ3v) is 2.07. The summed E-state index contributed by atoms with van der Waals surface area (Å²) in [6, 6.07) is 0.714. The predicted molar refractivity (Wildman–Crippen MR) is 54.4 cm³/mol. The number of nitro groups is 1. The Morgan fingerprint density at radius 1 is 1.61 bits per heavy atom. The highest BCUT2D eigenvalue weighted by molar-refractivity contribution is 5.71. The molecule has 0 amide bonds. The van der Waals surface area contributed by atoms with E-state index < -0.39 is 40.5 Å². The molecule has 0 saturated heterocycles. The van der Waals surface area contributed by atoms with Gasteiger partial charge in [0, 0.05) is 6.07 Å². The van der Waals surface area contributed by atoms with Crippen LogP contribution in [-0.2, 0) is 16.0 Å². The van der Waals surface area contributed by atoms with Gasteiger partial charge in [0.2, 0.25) is 0 Å². The van der Waals surface area contributed by atoms with E-state index in [-0.39, 0.29) is 5.69 Å². The van der Waals surface area contributed by atoms with Crippen molar-refractivity contribution in [3.63, 3.8) is 0 Å². The average Bonchev–Trinajstić information content (AvgIpc) is 2.27. The Balaban J connectivity index is 3.32. The summed E-state index contributed by atoms with van der Waals surface area (Å²) in [5, 5.41) is 10.6. The third kappa shape index (κ3) is 2.87. The van der Waals surface area contributed by atoms with Gasteiger partial charge in [0.05, 0.1) is 7.11 Å². The Morgan fingerprint density at radius 3 is 2.67 bits per heavy atom. The maximum absolute atomic E-state index is 12.5. The van der Waals surface area contributed by atoms with Gasteiger partial charge in [0.15, 0.2) is 11.0 Å². The minimum atomic E-state index is -3.28. The fraction of sp³-hybridized carbons (Fsp3) is 0.333. The number of hydrogen-bond donors (Lipinski definition) is 1. The SMILES string of the molecule is COC(=O)Cc1cc(=O)c(C(F)F)c([N+](=O)[O-])[nH]1. The lowest BCUT2D eigenvalue weighted by Crippen LogP contribution is -2.17. The van der Waals surface area contributed by atoms with E-state index in [0.29, 0.717) is 6.07 Å². The van der Waals surface area contributed by atoms with Gasteiger partial charge in [-0.15, -0.1) is 0 Å². The number of rotatable bonds is 4. The van der Waals surface area contributed by atoms with E-state index in [1.165, 1.54) is 0 Å². The lowest BCUT2D eigenvalue weighted by molar-refractivity contribution is -0.391. The summed E-state index contributed by atoms with van der Waals surface area (Å²) in [7, 11) is 1.09. The van der Waals surface area contributed by atoms with Crippen LogP contribution in [0.4, 0.5) is 14.6 Å². The summed E-state index contributed by atoms with van der Waals surface area (Å²) in [4.78, 5) is 33.7. The number of nitrogens with zero attached hydrogens (tertiary/aromatic N) is 1. The summed E-state index contributed by atoms with van der Waals surface area (Å²) in [6.07, 6.45) is -3.72. The van der Waals surface area contributed by atoms with Crippen LogP contribution in [0.3, 0.4) is 0 Å². The second-order valence-electron chi connectivity index (χ2n) is 3.23. The van der Waals surface area contributed by atoms with Crippen LogP contribution in [0.15, 0.2) is 10.9 Å². The molecule has 9 heteroatoms. The van der Waals surface area contributed by atoms with E-state index in [0.717, 1.165) is 7.11 Å². The van der Waals surface area contributed by atoms with Crippen LogP contribution in [0.25, 0.3) is 0 Å². The summed E-state index contributed by atoms with van der Waals surface area (Å²) in [6.45, 7) is 0. The maximum atomic E-state index is 12.5. The van der Waals surface area contributed by atoms with E-state index in [9.17, 15) is 28.5 Å². The molecule has 0 saturated carbocycles. The van der Waals surface area contributed by atoms with E-state index in [4.69, 9.17) is 0 Å². The highest BCUT2D eigenvalue weighted by Gasteiger charge is 2.26. The van der Waals surface area contributed by atoms with Crippen molar-refractivity contribution in [2.75, 3.05) is 7.11 Å². The molecule has 0 bridgehead atoms. The predicted octanol–water partition coefficient (Wildman–Crippen LogP) is 0.936. The Labute approximate surface area is 98.5 Å². The number of nitrogens with one attached hydrogen (secondary N) is 1. The van der Waals surface area contributed by atoms with E-state index >= 15 is 0 Å². The number of ether oxygens (including phenoxy) is 1. The Kier molecular flexibility index (Phi) is 4.08. The van der Waals surface area contributed by atoms with Crippen molar-refractivity contribution in [3.05, 3.63) is 37.7 Å². The molecule has 0 aliphatic rings. The number of halogens is 2. The van der Waals surface area contributed by atoms with Gasteiger partial charge in [-0.05, 0) is 4.92 Å². The number of pyridine rings is 1. The molecule has 0 fully saturated rings. The Hall–Kier alpha value is -2.32. The minimum absolute atomic E-state index is 0.164. The first kappa shape index (κ1) is 13.7. The molecule has 0 aliphatic heterocycles. The van der Waals surface area contributed by atoms with Crippen molar-refractivity contribution in [2.45, 2.75) is 12.8 Å². The minimum Gasteiger partial charge on any atom is -0.469 e. The molecule has 1 rings (SSSR count). The summed E-state index contributed by atoms with van der Waals surface area (Å²) in [5.74, 6) is -1.87. The smallest absolute Gasteiger partial charge is 0.333 e. The van der Waals surface area contributed by atoms with Gasteiger partial charge in [-0.25, -0.2) is 13.8 Å². The van der Waals surface area contributed by atoms with E-state index in [2.05, 4.69) is 4.74 Å². The quantitative estimate of drug-likeness (QED) is 0.494. The fourth-order valence-corrected chi connectivity index (χ4v) is 1.29. The number of carbonyl (C=O) groups is 1. The standard InChI is InChI=1S/C9H8F2N2O5/c1-18-6(15)3-4-2-5(14)7(8(10)11)9(12-4)13(16)17/h2,8H,3H2,1H3,(H,12,14). The molecule has 98 valence electrons. The van der Waals surface area contributed by atoms with Gasteiger partial charge in [-0.2, -0.15) is 0 Å². The zero-order valence-electron chi connectivity index (χ0n) is 9.11. The molecule has 1 aromatic heterocycles. The number of H-pyrrole nitrogens is 1. The molecular formula is C9H8F2N2O5. The second kappa shape index (κ2) is 5.34. The Morgan fingerprint density at radius 2 is 2.22 bits per heavy atom. The van der Waals surface area contributed by atoms with E-state index in [1.54, 1.807) is 0 Å². The largest absolute Gasteiger partial charge is 0.469 e. The van der Waals surface area contributed by atoms with Gasteiger partial charge < -0.3 is 14.9 Å². The molecule has 0 aliphatic carbocycles. The lowest BCUT2D eigenvalue weighted by Gasteiger charge is -2.04. The van der Waals surface area contributed by atoms with Crippen LogP contribution in [-0.4, -0.2) is 23.0 Å². The number of alkyl halides is 2. The number of methoxy groups -OCH3 is 1. The molecule has 7 nitrogen and oxygen atoms in total. The first-order valence-electron chi connectivity index (χ1n) is 4.62. The molecular weight excluding hydrogens is 254 g/mol. The molecule has 0 aromatic carbocycles. The molecule has 1 heterocycles. The summed E-state index contributed by atoms with van der Waals surface area (Å²) < 4.78 is 29.3. The van der Waals surface area contributed by atoms with Crippen molar-refractivity contribution in [2.24, 2.45) is 0 Å². The van der Waals surface area contributed by atoms with E-state index in [1.807, 2.05) is 4.98 Å². The van der Waals surface area contributed by atoms with Gasteiger partial charge in [0.25, 0.3) is 6.43 Å². The molecule has 0 spiro atoms. The normalized spacial score (nSPS) is 10.4. The fourth-order valence-electron chi connectivity index (χ4n) is 1.29. The molecule has 1 N–H and O–H groups in total. The van der Waals surface area contributed by atoms with Crippen molar-refractivity contribution in [3.8, 4) is 0 Å². The number of aromatic nitrogens is 1. The van der Waals surface area contributed by atoms with Gasteiger partial charge in [-0.3, -0.25) is 9.59 Å². The van der Waals surface area contributed by atoms with Crippen LogP contribution in [0, 0.1) is 10.1 Å². The highest BCUT2D eigenvalue weighted by Crippen LogP contribution is 2.23. The van der Waals surface area contributed by atoms with Gasteiger partial charge >= 0.3 is 11.8 Å². The molecule has 18 heavy (non-hydrogen) atoms. The van der Waals surface area contributed by atoms with Crippen LogP contribution < -0.4 is 5.43 Å². The Bertz CT molecular complexity index is 540. The first-order chi connectivity index (χ1) is 8.36. The summed E-state index contributed by atoms with van der Waals surface area (Å²) >= 11 is 0. The van der Waals surface area contributed by atoms with Gasteiger partial charge in [0.1, 0.15) is 12.1 Å². The molecule has 0 atom stereocenters. The molecule has 0 unspecified atom stereocenters. The monoisotopic (exact) mass is 262 g/mol. The number of carbonyl (C=O) groups excluding carboxylic acids is 1. The van der Waals surface area contributed by atoms with Crippen LogP contribution in [0.1, 0.15) is 17.7 Å². The van der Waals surface area contributed by atoms with Crippen molar-refractivity contribution >= 4 is 11.8 Å². The van der Waals surface area contributed by atoms with Crippen LogP contribution in [0.2, 0.25) is 0 Å². The third-order valence-electron chi connectivity index (χ3n) is 2.07. The van der Waals surface area contributed by atoms with Crippen LogP contribution in [0.5, 0.6) is 0 Å². The maximum Gasteiger partial charge on any atom is 0.333 e. The zero-order chi connectivity index (χ0) is 13.9. The van der Waals surface area contributed by atoms with Gasteiger partial charge in [-0.1, -0.05) is 0 Å². The highest BCUT2D eigenvalue weighted by atomic mass is 19.3. The average molecular weight is 262 g/mol. The number of hydrogen-bond acceptors (Lipinski definition) is 5. The molecule has 0 radical (unpaired) electrons. The van der Waals surface area contributed by atoms with Crippen LogP contribution >= 0.6 is 0 Å². The molecule has 1 aromatic rings. The lowest BCUT2D eigenvalue weighted by atomic mass is 10.2. The van der Waals surface area contributed by atoms with Crippen molar-refractivity contribution in [1.29, 1.82) is 0 Å². The topological polar surface area (TPSA) is 102 Å². The number of esters is 1. The van der Waals surface area contributed by atoms with Crippen molar-refractivity contribution < 1.29 is 23.2 Å². The second-order valence-corrected chi connectivity index (χ2v) is 3.23. The summed E-state index contributed by atoms with van der Waals surface area (Å²) in [5.41, 5.74) is -2.59.